The minimum absolute atomic E-state index is 0.0542. The summed E-state index contributed by atoms with van der Waals surface area (Å²) < 4.78 is 0.144. The van der Waals surface area contributed by atoms with Gasteiger partial charge in [-0.15, -0.1) is 0 Å². The zero-order valence-electron chi connectivity index (χ0n) is 17.1. The van der Waals surface area contributed by atoms with E-state index in [-0.39, 0.29) is 27.2 Å². The SMILES string of the molecule is CC(C)N(Cc1nc2ccccc2c(=O)[nH]1)C(=O)C12CC3CC(CC(Br)(C3)C1)C2. The Balaban J connectivity index is 1.47. The van der Waals surface area contributed by atoms with E-state index >= 15 is 0 Å². The molecule has 2 atom stereocenters. The summed E-state index contributed by atoms with van der Waals surface area (Å²) in [5.41, 5.74) is 0.280. The summed E-state index contributed by atoms with van der Waals surface area (Å²) >= 11 is 4.02. The minimum atomic E-state index is -0.255. The maximum Gasteiger partial charge on any atom is 0.258 e. The Labute approximate surface area is 179 Å². The molecule has 0 saturated heterocycles. The Morgan fingerprint density at radius 3 is 2.59 bits per heavy atom. The number of carbonyl (C=O) groups excluding carboxylic acids is 1. The fourth-order valence-electron chi connectivity index (χ4n) is 6.57. The third kappa shape index (κ3) is 3.24. The highest BCUT2D eigenvalue weighted by molar-refractivity contribution is 9.10. The van der Waals surface area contributed by atoms with Crippen LogP contribution in [0.15, 0.2) is 29.1 Å². The first-order valence-corrected chi connectivity index (χ1v) is 11.5. The van der Waals surface area contributed by atoms with Gasteiger partial charge < -0.3 is 9.88 Å². The van der Waals surface area contributed by atoms with E-state index in [1.54, 1.807) is 6.07 Å². The fourth-order valence-corrected chi connectivity index (χ4v) is 8.02. The van der Waals surface area contributed by atoms with Gasteiger partial charge in [0, 0.05) is 10.4 Å². The molecule has 4 saturated carbocycles. The molecule has 154 valence electrons. The Bertz CT molecular complexity index is 1020. The monoisotopic (exact) mass is 457 g/mol. The summed E-state index contributed by atoms with van der Waals surface area (Å²) in [6.45, 7) is 4.46. The second kappa shape index (κ2) is 6.66. The molecule has 4 aliphatic rings. The molecule has 4 bridgehead atoms. The normalized spacial score (nSPS) is 32.8. The first-order chi connectivity index (χ1) is 13.8. The van der Waals surface area contributed by atoms with Crippen molar-refractivity contribution < 1.29 is 4.79 Å². The van der Waals surface area contributed by atoms with Crippen LogP contribution in [0.4, 0.5) is 0 Å². The van der Waals surface area contributed by atoms with Gasteiger partial charge >= 0.3 is 0 Å². The highest BCUT2D eigenvalue weighted by Crippen LogP contribution is 2.64. The van der Waals surface area contributed by atoms with E-state index in [1.165, 1.54) is 19.3 Å². The Morgan fingerprint density at radius 1 is 1.24 bits per heavy atom. The number of carbonyl (C=O) groups is 1. The number of hydrogen-bond donors (Lipinski definition) is 1. The van der Waals surface area contributed by atoms with Crippen LogP contribution in [-0.2, 0) is 11.3 Å². The smallest absolute Gasteiger partial charge is 0.258 e. The van der Waals surface area contributed by atoms with Gasteiger partial charge in [0.1, 0.15) is 5.82 Å². The predicted molar refractivity (Wildman–Crippen MR) is 117 cm³/mol. The molecule has 0 radical (unpaired) electrons. The first-order valence-electron chi connectivity index (χ1n) is 10.7. The number of benzene rings is 1. The van der Waals surface area contributed by atoms with Crippen molar-refractivity contribution in [2.45, 2.75) is 69.3 Å². The average Bonchev–Trinajstić information content (AvgIpc) is 2.63. The molecule has 1 aromatic heterocycles. The predicted octanol–water partition coefficient (Wildman–Crippen LogP) is 4.39. The van der Waals surface area contributed by atoms with Crippen molar-refractivity contribution >= 4 is 32.7 Å². The van der Waals surface area contributed by atoms with Crippen molar-refractivity contribution in [1.82, 2.24) is 14.9 Å². The van der Waals surface area contributed by atoms with Crippen LogP contribution in [0, 0.1) is 17.3 Å². The maximum atomic E-state index is 13.9. The number of nitrogens with one attached hydrogen (secondary N) is 1. The van der Waals surface area contributed by atoms with E-state index in [0.717, 1.165) is 19.3 Å². The molecule has 1 amide bonds. The van der Waals surface area contributed by atoms with Gasteiger partial charge in [-0.25, -0.2) is 4.98 Å². The first kappa shape index (κ1) is 19.3. The van der Waals surface area contributed by atoms with Crippen LogP contribution < -0.4 is 5.56 Å². The molecule has 1 N–H and O–H groups in total. The molecular weight excluding hydrogens is 430 g/mol. The molecule has 2 unspecified atom stereocenters. The molecule has 6 heteroatoms. The zero-order valence-corrected chi connectivity index (χ0v) is 18.7. The van der Waals surface area contributed by atoms with Crippen molar-refractivity contribution in [1.29, 1.82) is 0 Å². The molecule has 4 aliphatic carbocycles. The number of halogens is 1. The van der Waals surface area contributed by atoms with E-state index in [0.29, 0.717) is 35.1 Å². The average molecular weight is 458 g/mol. The molecule has 5 nitrogen and oxygen atoms in total. The van der Waals surface area contributed by atoms with E-state index in [1.807, 2.05) is 23.1 Å². The van der Waals surface area contributed by atoms with Crippen LogP contribution in [0.5, 0.6) is 0 Å². The number of fused-ring (bicyclic) bond motifs is 1. The van der Waals surface area contributed by atoms with Gasteiger partial charge in [0.2, 0.25) is 5.91 Å². The number of amides is 1. The summed E-state index contributed by atoms with van der Waals surface area (Å²) in [7, 11) is 0. The zero-order chi connectivity index (χ0) is 20.4. The lowest BCUT2D eigenvalue weighted by atomic mass is 9.49. The van der Waals surface area contributed by atoms with Crippen molar-refractivity contribution in [2.75, 3.05) is 0 Å². The highest BCUT2D eigenvalue weighted by Gasteiger charge is 2.60. The summed E-state index contributed by atoms with van der Waals surface area (Å²) in [6.07, 6.45) is 6.67. The van der Waals surface area contributed by atoms with E-state index in [2.05, 4.69) is 39.7 Å². The second-order valence-electron chi connectivity index (χ2n) is 9.95. The summed E-state index contributed by atoms with van der Waals surface area (Å²) in [4.78, 5) is 35.9. The van der Waals surface area contributed by atoms with Crippen molar-refractivity contribution in [2.24, 2.45) is 17.3 Å². The Hall–Kier alpha value is -1.69. The standard InChI is InChI=1S/C23H28BrN3O2/c1-14(2)27(12-19-25-18-6-4-3-5-17(18)20(28)26-19)21(29)22-8-15-7-16(9-22)11-23(24,10-15)13-22/h3-6,14-16H,7-13H2,1-2H3,(H,25,26,28). The largest absolute Gasteiger partial charge is 0.332 e. The van der Waals surface area contributed by atoms with Crippen LogP contribution >= 0.6 is 15.9 Å². The Kier molecular flexibility index (Phi) is 4.43. The lowest BCUT2D eigenvalue weighted by molar-refractivity contribution is -0.158. The lowest BCUT2D eigenvalue weighted by Crippen LogP contribution is -2.59. The van der Waals surface area contributed by atoms with Crippen LogP contribution in [0.2, 0.25) is 0 Å². The van der Waals surface area contributed by atoms with E-state index < -0.39 is 0 Å². The van der Waals surface area contributed by atoms with Gasteiger partial charge in [0.25, 0.3) is 5.56 Å². The molecule has 1 heterocycles. The number of para-hydroxylation sites is 1. The molecule has 4 fully saturated rings. The number of nitrogens with zero attached hydrogens (tertiary/aromatic N) is 2. The number of H-pyrrole nitrogens is 1. The topological polar surface area (TPSA) is 66.1 Å². The third-order valence-electron chi connectivity index (χ3n) is 7.31. The number of rotatable bonds is 4. The molecule has 29 heavy (non-hydrogen) atoms. The van der Waals surface area contributed by atoms with Gasteiger partial charge in [-0.3, -0.25) is 9.59 Å². The fraction of sp³-hybridized carbons (Fsp3) is 0.609. The number of aromatic nitrogens is 2. The molecule has 1 aromatic carbocycles. The highest BCUT2D eigenvalue weighted by atomic mass is 79.9. The van der Waals surface area contributed by atoms with Crippen molar-refractivity contribution in [3.8, 4) is 0 Å². The molecule has 2 aromatic rings. The van der Waals surface area contributed by atoms with Gasteiger partial charge in [-0.05, 0) is 76.3 Å². The molecule has 0 spiro atoms. The maximum absolute atomic E-state index is 13.9. The Morgan fingerprint density at radius 2 is 1.93 bits per heavy atom. The van der Waals surface area contributed by atoms with Crippen LogP contribution in [0.25, 0.3) is 10.9 Å². The van der Waals surface area contributed by atoms with Crippen LogP contribution in [0.3, 0.4) is 0 Å². The quantitative estimate of drug-likeness (QED) is 0.691. The minimum Gasteiger partial charge on any atom is -0.332 e. The molecule has 6 rings (SSSR count). The van der Waals surface area contributed by atoms with Crippen molar-refractivity contribution in [3.63, 3.8) is 0 Å². The summed E-state index contributed by atoms with van der Waals surface area (Å²) in [5.74, 6) is 2.13. The molecule has 0 aliphatic heterocycles. The second-order valence-corrected chi connectivity index (χ2v) is 11.6. The van der Waals surface area contributed by atoms with Crippen LogP contribution in [-0.4, -0.2) is 31.1 Å². The van der Waals surface area contributed by atoms with E-state index in [9.17, 15) is 9.59 Å². The number of alkyl halides is 1. The van der Waals surface area contributed by atoms with Gasteiger partial charge in [-0.2, -0.15) is 0 Å². The van der Waals surface area contributed by atoms with Gasteiger partial charge in [0.05, 0.1) is 22.9 Å². The lowest BCUT2D eigenvalue weighted by Gasteiger charge is -2.60. The van der Waals surface area contributed by atoms with Crippen LogP contribution in [0.1, 0.15) is 58.2 Å². The van der Waals surface area contributed by atoms with Gasteiger partial charge in [0.15, 0.2) is 0 Å². The van der Waals surface area contributed by atoms with E-state index in [4.69, 9.17) is 0 Å². The third-order valence-corrected chi connectivity index (χ3v) is 8.24. The summed E-state index contributed by atoms with van der Waals surface area (Å²) in [6, 6.07) is 7.41. The molecular formula is C23H28BrN3O2. The van der Waals surface area contributed by atoms with Gasteiger partial charge in [-0.1, -0.05) is 28.1 Å². The number of aromatic amines is 1. The number of hydrogen-bond acceptors (Lipinski definition) is 3. The summed E-state index contributed by atoms with van der Waals surface area (Å²) in [5, 5.41) is 0.584. The van der Waals surface area contributed by atoms with Crippen molar-refractivity contribution in [3.05, 3.63) is 40.4 Å².